The third kappa shape index (κ3) is 3.08. The van der Waals surface area contributed by atoms with Crippen molar-refractivity contribution in [2.45, 2.75) is 32.1 Å². The van der Waals surface area contributed by atoms with Gasteiger partial charge >= 0.3 is 5.97 Å². The first kappa shape index (κ1) is 18.4. The standard InChI is InChI=1S/C17H18N2O6S/c1-9(20)14-12-7-13(26-2)15(18(12)16(14)21)17(22)25-8-10-3-5-11(6-4-10)19(23)24/h3-6,9,12,14,20H,7-8H2,1-2H3/t9-,12?,14+/m0/s1. The molecule has 0 bridgehead atoms. The van der Waals surface area contributed by atoms with Crippen LogP contribution in [0, 0.1) is 16.0 Å². The fraction of sp³-hybridized carbons (Fsp3) is 0.412. The highest BCUT2D eigenvalue weighted by Gasteiger charge is 2.56. The van der Waals surface area contributed by atoms with Gasteiger partial charge in [0.25, 0.3) is 5.69 Å². The lowest BCUT2D eigenvalue weighted by molar-refractivity contribution is -0.384. The molecule has 0 radical (unpaired) electrons. The van der Waals surface area contributed by atoms with Crippen molar-refractivity contribution in [3.63, 3.8) is 0 Å². The number of carbonyl (C=O) groups is 2. The number of nitrogens with zero attached hydrogens (tertiary/aromatic N) is 2. The van der Waals surface area contributed by atoms with Gasteiger partial charge in [-0.05, 0) is 30.9 Å². The van der Waals surface area contributed by atoms with Gasteiger partial charge in [0.2, 0.25) is 5.91 Å². The number of hydrogen-bond donors (Lipinski definition) is 1. The van der Waals surface area contributed by atoms with E-state index < -0.39 is 22.9 Å². The molecule has 1 unspecified atom stereocenters. The highest BCUT2D eigenvalue weighted by Crippen LogP contribution is 2.46. The van der Waals surface area contributed by atoms with Gasteiger partial charge in [0.15, 0.2) is 0 Å². The molecule has 2 aliphatic heterocycles. The summed E-state index contributed by atoms with van der Waals surface area (Å²) in [6.45, 7) is 1.53. The molecule has 1 saturated heterocycles. The summed E-state index contributed by atoms with van der Waals surface area (Å²) in [6, 6.07) is 5.52. The van der Waals surface area contributed by atoms with E-state index in [1.54, 1.807) is 6.92 Å². The molecule has 0 spiro atoms. The van der Waals surface area contributed by atoms with Crippen LogP contribution in [0.15, 0.2) is 34.9 Å². The molecule has 2 aliphatic rings. The molecule has 1 fully saturated rings. The molecule has 9 heteroatoms. The Balaban J connectivity index is 1.69. The summed E-state index contributed by atoms with van der Waals surface area (Å²) in [5, 5.41) is 20.4. The summed E-state index contributed by atoms with van der Waals surface area (Å²) in [5.74, 6) is -1.36. The molecule has 0 saturated carbocycles. The number of β-lactam (4-membered cyclic amide) rings is 1. The number of fused-ring (bicyclic) bond motifs is 1. The number of thioether (sulfide) groups is 1. The van der Waals surface area contributed by atoms with E-state index in [9.17, 15) is 24.8 Å². The number of aliphatic hydroxyl groups excluding tert-OH is 1. The van der Waals surface area contributed by atoms with Crippen LogP contribution in [0.25, 0.3) is 0 Å². The third-order valence-corrected chi connectivity index (χ3v) is 5.50. The Bertz CT molecular complexity index is 789. The fourth-order valence-electron chi connectivity index (χ4n) is 3.33. The van der Waals surface area contributed by atoms with E-state index in [4.69, 9.17) is 4.74 Å². The van der Waals surface area contributed by atoms with Crippen LogP contribution < -0.4 is 0 Å². The molecule has 1 amide bonds. The minimum absolute atomic E-state index is 0.0403. The van der Waals surface area contributed by atoms with Crippen LogP contribution >= 0.6 is 11.8 Å². The highest BCUT2D eigenvalue weighted by molar-refractivity contribution is 8.02. The number of nitro groups is 1. The van der Waals surface area contributed by atoms with Gasteiger partial charge in [-0.1, -0.05) is 0 Å². The van der Waals surface area contributed by atoms with Gasteiger partial charge < -0.3 is 14.7 Å². The minimum atomic E-state index is -0.762. The Morgan fingerprint density at radius 2 is 2.12 bits per heavy atom. The van der Waals surface area contributed by atoms with Gasteiger partial charge in [-0.25, -0.2) is 4.79 Å². The summed E-state index contributed by atoms with van der Waals surface area (Å²) in [7, 11) is 0. The Morgan fingerprint density at radius 1 is 1.46 bits per heavy atom. The zero-order chi connectivity index (χ0) is 19.0. The van der Waals surface area contributed by atoms with Crippen LogP contribution in [0.5, 0.6) is 0 Å². The number of hydrogen-bond acceptors (Lipinski definition) is 7. The van der Waals surface area contributed by atoms with Crippen molar-refractivity contribution in [2.75, 3.05) is 6.26 Å². The summed E-state index contributed by atoms with van der Waals surface area (Å²) in [6.07, 6.45) is 1.60. The summed E-state index contributed by atoms with van der Waals surface area (Å²) in [4.78, 5) is 37.1. The molecule has 26 heavy (non-hydrogen) atoms. The number of ether oxygens (including phenoxy) is 1. The molecule has 0 aliphatic carbocycles. The van der Waals surface area contributed by atoms with Crippen LogP contribution in [0.2, 0.25) is 0 Å². The molecule has 3 rings (SSSR count). The average Bonchev–Trinajstić information content (AvgIpc) is 2.93. The van der Waals surface area contributed by atoms with Gasteiger partial charge in [-0.2, -0.15) is 0 Å². The van der Waals surface area contributed by atoms with Crippen LogP contribution in [0.3, 0.4) is 0 Å². The predicted octanol–water partition coefficient (Wildman–Crippen LogP) is 1.82. The number of nitro benzene ring substituents is 1. The van der Waals surface area contributed by atoms with Gasteiger partial charge in [0.1, 0.15) is 12.3 Å². The molecule has 1 aromatic rings. The van der Waals surface area contributed by atoms with Crippen molar-refractivity contribution in [1.82, 2.24) is 4.90 Å². The molecule has 8 nitrogen and oxygen atoms in total. The maximum absolute atomic E-state index is 12.5. The second-order valence-electron chi connectivity index (χ2n) is 6.22. The van der Waals surface area contributed by atoms with Crippen LogP contribution in [0.1, 0.15) is 18.9 Å². The minimum Gasteiger partial charge on any atom is -0.456 e. The summed E-state index contributed by atoms with van der Waals surface area (Å²) < 4.78 is 5.30. The molecule has 138 valence electrons. The van der Waals surface area contributed by atoms with Crippen molar-refractivity contribution in [3.05, 3.63) is 50.5 Å². The quantitative estimate of drug-likeness (QED) is 0.348. The number of esters is 1. The molecular formula is C17H18N2O6S. The second kappa shape index (κ2) is 7.08. The molecule has 0 aromatic heterocycles. The molecule has 1 N–H and O–H groups in total. The van der Waals surface area contributed by atoms with E-state index in [-0.39, 0.29) is 29.9 Å². The summed E-state index contributed by atoms with van der Waals surface area (Å²) in [5.41, 5.74) is 0.814. The molecule has 2 heterocycles. The van der Waals surface area contributed by atoms with Crippen molar-refractivity contribution < 1.29 is 24.4 Å². The maximum Gasteiger partial charge on any atom is 0.356 e. The molecular weight excluding hydrogens is 360 g/mol. The Hall–Kier alpha value is -2.39. The Kier molecular flexibility index (Phi) is 5.01. The number of amides is 1. The lowest BCUT2D eigenvalue weighted by Gasteiger charge is -2.44. The van der Waals surface area contributed by atoms with Gasteiger partial charge in [0, 0.05) is 23.5 Å². The van der Waals surface area contributed by atoms with Crippen molar-refractivity contribution in [2.24, 2.45) is 5.92 Å². The number of benzene rings is 1. The van der Waals surface area contributed by atoms with Gasteiger partial charge in [-0.3, -0.25) is 14.9 Å². The first-order chi connectivity index (χ1) is 12.3. The van der Waals surface area contributed by atoms with E-state index in [0.29, 0.717) is 12.0 Å². The third-order valence-electron chi connectivity index (χ3n) is 4.64. The lowest BCUT2D eigenvalue weighted by atomic mass is 9.83. The topological polar surface area (TPSA) is 110 Å². The van der Waals surface area contributed by atoms with Gasteiger partial charge in [-0.15, -0.1) is 11.8 Å². The van der Waals surface area contributed by atoms with E-state index in [2.05, 4.69) is 0 Å². The van der Waals surface area contributed by atoms with E-state index >= 15 is 0 Å². The largest absolute Gasteiger partial charge is 0.456 e. The van der Waals surface area contributed by atoms with Crippen molar-refractivity contribution >= 4 is 29.3 Å². The first-order valence-electron chi connectivity index (χ1n) is 8.04. The Morgan fingerprint density at radius 3 is 2.65 bits per heavy atom. The van der Waals surface area contributed by atoms with Gasteiger partial charge in [0.05, 0.1) is 23.0 Å². The highest BCUT2D eigenvalue weighted by atomic mass is 32.2. The zero-order valence-corrected chi connectivity index (χ0v) is 15.1. The number of carbonyl (C=O) groups excluding carboxylic acids is 2. The maximum atomic E-state index is 12.5. The average molecular weight is 378 g/mol. The lowest BCUT2D eigenvalue weighted by Crippen LogP contribution is -2.61. The normalized spacial score (nSPS) is 22.7. The summed E-state index contributed by atoms with van der Waals surface area (Å²) >= 11 is 1.39. The second-order valence-corrected chi connectivity index (χ2v) is 7.12. The van der Waals surface area contributed by atoms with E-state index in [0.717, 1.165) is 4.91 Å². The smallest absolute Gasteiger partial charge is 0.356 e. The number of non-ortho nitro benzene ring substituents is 1. The molecule has 1 aromatic carbocycles. The van der Waals surface area contributed by atoms with Crippen LogP contribution in [-0.4, -0.2) is 45.2 Å². The number of rotatable bonds is 6. The fourth-order valence-corrected chi connectivity index (χ4v) is 4.05. The number of aliphatic hydroxyl groups is 1. The predicted molar refractivity (Wildman–Crippen MR) is 93.9 cm³/mol. The van der Waals surface area contributed by atoms with Crippen LogP contribution in [-0.2, 0) is 20.9 Å². The zero-order valence-electron chi connectivity index (χ0n) is 14.2. The van der Waals surface area contributed by atoms with E-state index in [1.165, 1.54) is 40.9 Å². The van der Waals surface area contributed by atoms with Crippen LogP contribution in [0.4, 0.5) is 5.69 Å². The monoisotopic (exact) mass is 378 g/mol. The van der Waals surface area contributed by atoms with E-state index in [1.807, 2.05) is 6.26 Å². The first-order valence-corrected chi connectivity index (χ1v) is 9.26. The van der Waals surface area contributed by atoms with Crippen molar-refractivity contribution in [1.29, 1.82) is 0 Å². The SMILES string of the molecule is CSC1=C(C(=O)OCc2ccc([N+](=O)[O-])cc2)N2C(=O)[C@H]([C@H](C)O)C2C1. The Labute approximate surface area is 154 Å². The molecule has 3 atom stereocenters. The van der Waals surface area contributed by atoms with Crippen molar-refractivity contribution in [3.8, 4) is 0 Å².